The second-order valence-electron chi connectivity index (χ2n) is 7.69. The van der Waals surface area contributed by atoms with Gasteiger partial charge in [0.1, 0.15) is 11.8 Å². The van der Waals surface area contributed by atoms with Gasteiger partial charge in [-0.2, -0.15) is 0 Å². The number of nitrogens with one attached hydrogen (secondary N) is 2. The fourth-order valence-electron chi connectivity index (χ4n) is 3.78. The van der Waals surface area contributed by atoms with E-state index >= 15 is 0 Å². The number of hydrogen-bond acceptors (Lipinski definition) is 5. The Bertz CT molecular complexity index is 799. The quantitative estimate of drug-likeness (QED) is 0.600. The average Bonchev–Trinajstić information content (AvgIpc) is 3.40. The highest BCUT2D eigenvalue weighted by Crippen LogP contribution is 2.28. The van der Waals surface area contributed by atoms with E-state index in [0.717, 1.165) is 12.2 Å². The molecule has 0 saturated heterocycles. The van der Waals surface area contributed by atoms with Crippen molar-refractivity contribution < 1.29 is 19.2 Å². The van der Waals surface area contributed by atoms with Crippen molar-refractivity contribution in [3.8, 4) is 0 Å². The van der Waals surface area contributed by atoms with Gasteiger partial charge in [0.15, 0.2) is 11.9 Å². The van der Waals surface area contributed by atoms with Gasteiger partial charge in [0.2, 0.25) is 5.91 Å². The summed E-state index contributed by atoms with van der Waals surface area (Å²) in [7, 11) is 0. The fourth-order valence-corrected chi connectivity index (χ4v) is 3.78. The van der Waals surface area contributed by atoms with Crippen molar-refractivity contribution in [3.05, 3.63) is 47.7 Å². The molecule has 1 aromatic heterocycles. The van der Waals surface area contributed by atoms with Crippen molar-refractivity contribution in [3.63, 3.8) is 0 Å². The molecule has 7 nitrogen and oxygen atoms in total. The van der Waals surface area contributed by atoms with Gasteiger partial charge < -0.3 is 20.3 Å². The smallest absolute Gasteiger partial charge is 0.254 e. The molecule has 2 unspecified atom stereocenters. The SMILES string of the molecule is CCCC(NC(=O)C(O)c1ccccc1)C(=O)Nc1cc(CC2CCCC2)on1. The molecule has 0 spiro atoms. The number of aliphatic hydroxyl groups is 1. The number of aromatic nitrogens is 1. The number of benzene rings is 1. The first-order valence-corrected chi connectivity index (χ1v) is 10.4. The van der Waals surface area contributed by atoms with Crippen LogP contribution in [0.1, 0.15) is 62.9 Å². The highest BCUT2D eigenvalue weighted by Gasteiger charge is 2.25. The molecule has 29 heavy (non-hydrogen) atoms. The summed E-state index contributed by atoms with van der Waals surface area (Å²) in [4.78, 5) is 25.1. The molecule has 7 heteroatoms. The lowest BCUT2D eigenvalue weighted by Gasteiger charge is -2.19. The Kier molecular flexibility index (Phi) is 7.41. The van der Waals surface area contributed by atoms with E-state index in [1.807, 2.05) is 6.92 Å². The van der Waals surface area contributed by atoms with E-state index < -0.39 is 18.1 Å². The Morgan fingerprint density at radius 3 is 2.62 bits per heavy atom. The van der Waals surface area contributed by atoms with Gasteiger partial charge in [-0.15, -0.1) is 0 Å². The first-order chi connectivity index (χ1) is 14.1. The molecule has 2 aromatic rings. The van der Waals surface area contributed by atoms with Gasteiger partial charge in [0.05, 0.1) is 0 Å². The van der Waals surface area contributed by atoms with E-state index in [1.54, 1.807) is 36.4 Å². The summed E-state index contributed by atoms with van der Waals surface area (Å²) in [6.07, 6.45) is 5.59. The van der Waals surface area contributed by atoms with E-state index in [4.69, 9.17) is 4.52 Å². The highest BCUT2D eigenvalue weighted by molar-refractivity contribution is 5.97. The number of carbonyl (C=O) groups excluding carboxylic acids is 2. The predicted molar refractivity (Wildman–Crippen MR) is 109 cm³/mol. The molecular weight excluding hydrogens is 370 g/mol. The molecule has 1 aliphatic carbocycles. The number of rotatable bonds is 9. The van der Waals surface area contributed by atoms with E-state index in [1.165, 1.54) is 25.7 Å². The summed E-state index contributed by atoms with van der Waals surface area (Å²) in [6, 6.07) is 9.62. The van der Waals surface area contributed by atoms with Gasteiger partial charge in [-0.3, -0.25) is 9.59 Å². The second-order valence-corrected chi connectivity index (χ2v) is 7.69. The third-order valence-electron chi connectivity index (χ3n) is 5.35. The van der Waals surface area contributed by atoms with Crippen LogP contribution in [0.25, 0.3) is 0 Å². The molecule has 0 aliphatic heterocycles. The lowest BCUT2D eigenvalue weighted by molar-refractivity contribution is -0.133. The van der Waals surface area contributed by atoms with E-state index in [2.05, 4.69) is 15.8 Å². The highest BCUT2D eigenvalue weighted by atomic mass is 16.5. The summed E-state index contributed by atoms with van der Waals surface area (Å²) in [5, 5.41) is 19.5. The molecule has 1 saturated carbocycles. The minimum absolute atomic E-state index is 0.349. The van der Waals surface area contributed by atoms with Crippen molar-refractivity contribution in [1.82, 2.24) is 10.5 Å². The third kappa shape index (κ3) is 5.90. The molecule has 2 amide bonds. The first kappa shape index (κ1) is 21.0. The lowest BCUT2D eigenvalue weighted by atomic mass is 10.0. The van der Waals surface area contributed by atoms with Gasteiger partial charge in [-0.05, 0) is 17.9 Å². The zero-order chi connectivity index (χ0) is 20.6. The molecule has 156 valence electrons. The zero-order valence-corrected chi connectivity index (χ0v) is 16.8. The molecule has 0 radical (unpaired) electrons. The topological polar surface area (TPSA) is 104 Å². The van der Waals surface area contributed by atoms with Crippen LogP contribution in [0.3, 0.4) is 0 Å². The van der Waals surface area contributed by atoms with Crippen LogP contribution < -0.4 is 10.6 Å². The maximum Gasteiger partial charge on any atom is 0.254 e. The van der Waals surface area contributed by atoms with Gasteiger partial charge >= 0.3 is 0 Å². The van der Waals surface area contributed by atoms with Gasteiger partial charge in [0.25, 0.3) is 5.91 Å². The van der Waals surface area contributed by atoms with E-state index in [-0.39, 0.29) is 5.91 Å². The fraction of sp³-hybridized carbons (Fsp3) is 0.500. The number of hydrogen-bond donors (Lipinski definition) is 3. The summed E-state index contributed by atoms with van der Waals surface area (Å²) < 4.78 is 5.35. The van der Waals surface area contributed by atoms with Crippen molar-refractivity contribution in [2.24, 2.45) is 5.92 Å². The third-order valence-corrected chi connectivity index (χ3v) is 5.35. The van der Waals surface area contributed by atoms with Crippen LogP contribution in [0.5, 0.6) is 0 Å². The molecule has 3 rings (SSSR count). The molecule has 1 aromatic carbocycles. The van der Waals surface area contributed by atoms with Crippen LogP contribution in [0.4, 0.5) is 5.82 Å². The molecule has 1 fully saturated rings. The minimum Gasteiger partial charge on any atom is -0.378 e. The number of amides is 2. The largest absolute Gasteiger partial charge is 0.378 e. The monoisotopic (exact) mass is 399 g/mol. The van der Waals surface area contributed by atoms with Gasteiger partial charge in [-0.1, -0.05) is 74.5 Å². The second kappa shape index (κ2) is 10.2. The van der Waals surface area contributed by atoms with E-state index in [9.17, 15) is 14.7 Å². The van der Waals surface area contributed by atoms with Crippen LogP contribution in [0.15, 0.2) is 40.9 Å². The summed E-state index contributed by atoms with van der Waals surface area (Å²) >= 11 is 0. The standard InChI is InChI=1S/C22H29N3O4/c1-2-8-18(23-22(28)20(26)16-11-4-3-5-12-16)21(27)24-19-14-17(29-25-19)13-15-9-6-7-10-15/h3-5,11-12,14-15,18,20,26H,2,6-10,13H2,1H3,(H,23,28)(H,24,25,27). The Morgan fingerprint density at radius 1 is 1.21 bits per heavy atom. The van der Waals surface area contributed by atoms with Crippen molar-refractivity contribution in [2.75, 3.05) is 5.32 Å². The number of aliphatic hydroxyl groups excluding tert-OH is 1. The molecule has 2 atom stereocenters. The van der Waals surface area contributed by atoms with Crippen LogP contribution in [-0.4, -0.2) is 28.1 Å². The Hall–Kier alpha value is -2.67. The van der Waals surface area contributed by atoms with Crippen molar-refractivity contribution in [1.29, 1.82) is 0 Å². The molecule has 1 heterocycles. The molecular formula is C22H29N3O4. The van der Waals surface area contributed by atoms with Crippen LogP contribution in [0, 0.1) is 5.92 Å². The first-order valence-electron chi connectivity index (χ1n) is 10.4. The Morgan fingerprint density at radius 2 is 1.93 bits per heavy atom. The summed E-state index contributed by atoms with van der Waals surface area (Å²) in [6.45, 7) is 1.93. The Labute approximate surface area is 170 Å². The average molecular weight is 399 g/mol. The predicted octanol–water partition coefficient (Wildman–Crippen LogP) is 3.36. The molecule has 1 aliphatic rings. The van der Waals surface area contributed by atoms with Crippen LogP contribution >= 0.6 is 0 Å². The van der Waals surface area contributed by atoms with Crippen LogP contribution in [-0.2, 0) is 16.0 Å². The zero-order valence-electron chi connectivity index (χ0n) is 16.8. The Balaban J connectivity index is 1.57. The number of carbonyl (C=O) groups is 2. The van der Waals surface area contributed by atoms with Crippen molar-refractivity contribution in [2.45, 2.75) is 64.0 Å². The molecule has 0 bridgehead atoms. The molecule has 3 N–H and O–H groups in total. The maximum absolute atomic E-state index is 12.7. The van der Waals surface area contributed by atoms with Gasteiger partial charge in [0, 0.05) is 12.5 Å². The number of nitrogens with zero attached hydrogens (tertiary/aromatic N) is 1. The summed E-state index contributed by atoms with van der Waals surface area (Å²) in [5.74, 6) is 0.760. The van der Waals surface area contributed by atoms with Gasteiger partial charge in [-0.25, -0.2) is 0 Å². The maximum atomic E-state index is 12.7. The normalized spacial score (nSPS) is 16.3. The minimum atomic E-state index is -1.33. The van der Waals surface area contributed by atoms with Crippen LogP contribution in [0.2, 0.25) is 0 Å². The number of anilines is 1. The summed E-state index contributed by atoms with van der Waals surface area (Å²) in [5.41, 5.74) is 0.480. The van der Waals surface area contributed by atoms with Crippen molar-refractivity contribution >= 4 is 17.6 Å². The lowest BCUT2D eigenvalue weighted by Crippen LogP contribution is -2.45. The van der Waals surface area contributed by atoms with E-state index in [0.29, 0.717) is 30.1 Å².